The molecule has 3 rings (SSSR count). The molecule has 0 saturated carbocycles. The lowest BCUT2D eigenvalue weighted by atomic mass is 9.85. The van der Waals surface area contributed by atoms with Crippen molar-refractivity contribution in [3.63, 3.8) is 0 Å². The third-order valence-electron chi connectivity index (χ3n) is 3.21. The second-order valence-electron chi connectivity index (χ2n) is 4.36. The van der Waals surface area contributed by atoms with Crippen molar-refractivity contribution >= 4 is 5.65 Å². The molecule has 0 bridgehead atoms. The summed E-state index contributed by atoms with van der Waals surface area (Å²) in [5, 5.41) is 12.5. The van der Waals surface area contributed by atoms with Crippen LogP contribution in [-0.2, 0) is 10.2 Å². The summed E-state index contributed by atoms with van der Waals surface area (Å²) in [6, 6.07) is 3.64. The molecule has 0 radical (unpaired) electrons. The van der Waals surface area contributed by atoms with Crippen molar-refractivity contribution in [3.8, 4) is 0 Å². The van der Waals surface area contributed by atoms with Crippen molar-refractivity contribution in [3.05, 3.63) is 24.2 Å². The monoisotopic (exact) mass is 219 g/mol. The van der Waals surface area contributed by atoms with Gasteiger partial charge < -0.3 is 10.5 Å². The highest BCUT2D eigenvalue weighted by atomic mass is 16.5. The van der Waals surface area contributed by atoms with Gasteiger partial charge in [0, 0.05) is 12.2 Å². The molecular formula is C10H13N5O. The largest absolute Gasteiger partial charge is 0.379 e. The van der Waals surface area contributed by atoms with Gasteiger partial charge in [-0.15, -0.1) is 10.2 Å². The first kappa shape index (κ1) is 9.68. The summed E-state index contributed by atoms with van der Waals surface area (Å²) in [5.41, 5.74) is 6.48. The Morgan fingerprint density at radius 3 is 3.19 bits per heavy atom. The van der Waals surface area contributed by atoms with Crippen LogP contribution in [0.4, 0.5) is 0 Å². The number of rotatable bonds is 1. The van der Waals surface area contributed by atoms with Crippen molar-refractivity contribution in [2.45, 2.75) is 18.4 Å². The fraction of sp³-hybridized carbons (Fsp3) is 0.500. The molecule has 2 unspecified atom stereocenters. The van der Waals surface area contributed by atoms with Gasteiger partial charge in [-0.05, 0) is 19.1 Å². The third kappa shape index (κ3) is 1.17. The highest BCUT2D eigenvalue weighted by molar-refractivity contribution is 5.36. The summed E-state index contributed by atoms with van der Waals surface area (Å²) in [6.45, 7) is 3.15. The van der Waals surface area contributed by atoms with Gasteiger partial charge in [-0.3, -0.25) is 0 Å². The number of fused-ring (bicyclic) bond motifs is 1. The fourth-order valence-electron chi connectivity index (χ4n) is 2.02. The maximum atomic E-state index is 6.06. The molecule has 6 nitrogen and oxygen atoms in total. The number of nitrogens with two attached hydrogens (primary N) is 1. The van der Waals surface area contributed by atoms with Gasteiger partial charge in [0.2, 0.25) is 0 Å². The predicted molar refractivity (Wildman–Crippen MR) is 56.9 cm³/mol. The van der Waals surface area contributed by atoms with E-state index in [4.69, 9.17) is 10.5 Å². The molecule has 1 fully saturated rings. The molecule has 2 N–H and O–H groups in total. The SMILES string of the molecule is CC1(c2nnc3cccnn23)COCC1N. The smallest absolute Gasteiger partial charge is 0.177 e. The Morgan fingerprint density at radius 1 is 1.56 bits per heavy atom. The van der Waals surface area contributed by atoms with Crippen LogP contribution >= 0.6 is 0 Å². The van der Waals surface area contributed by atoms with Crippen LogP contribution in [0.5, 0.6) is 0 Å². The number of hydrogen-bond acceptors (Lipinski definition) is 5. The Labute approximate surface area is 92.4 Å². The molecule has 2 aromatic rings. The summed E-state index contributed by atoms with van der Waals surface area (Å²) in [7, 11) is 0. The number of aromatic nitrogens is 4. The standard InChI is InChI=1S/C10H13N5O/c1-10(6-16-5-7(10)11)9-14-13-8-3-2-4-12-15(8)9/h2-4,7H,5-6,11H2,1H3. The average Bonchev–Trinajstić information content (AvgIpc) is 2.85. The topological polar surface area (TPSA) is 78.3 Å². The molecule has 3 heterocycles. The summed E-state index contributed by atoms with van der Waals surface area (Å²) in [6.07, 6.45) is 1.71. The van der Waals surface area contributed by atoms with E-state index in [1.165, 1.54) is 0 Å². The Balaban J connectivity index is 2.19. The molecular weight excluding hydrogens is 206 g/mol. The summed E-state index contributed by atoms with van der Waals surface area (Å²) < 4.78 is 7.14. The molecule has 0 aliphatic carbocycles. The molecule has 84 valence electrons. The molecule has 0 spiro atoms. The highest BCUT2D eigenvalue weighted by Crippen LogP contribution is 2.30. The first-order valence-electron chi connectivity index (χ1n) is 5.22. The molecule has 6 heteroatoms. The minimum atomic E-state index is -0.312. The lowest BCUT2D eigenvalue weighted by molar-refractivity contribution is 0.177. The fourth-order valence-corrected chi connectivity index (χ4v) is 2.02. The molecule has 2 atom stereocenters. The number of hydrogen-bond donors (Lipinski definition) is 1. The lowest BCUT2D eigenvalue weighted by Gasteiger charge is -2.23. The van der Waals surface area contributed by atoms with E-state index in [0.717, 1.165) is 11.5 Å². The Hall–Kier alpha value is -1.53. The molecule has 1 aliphatic heterocycles. The molecule has 1 aliphatic rings. The van der Waals surface area contributed by atoms with Crippen molar-refractivity contribution in [2.24, 2.45) is 5.73 Å². The van der Waals surface area contributed by atoms with Gasteiger partial charge >= 0.3 is 0 Å². The maximum absolute atomic E-state index is 6.06. The van der Waals surface area contributed by atoms with E-state index in [0.29, 0.717) is 13.2 Å². The molecule has 16 heavy (non-hydrogen) atoms. The Bertz CT molecular complexity index is 525. The van der Waals surface area contributed by atoms with Crippen LogP contribution in [0, 0.1) is 0 Å². The second kappa shape index (κ2) is 3.23. The van der Waals surface area contributed by atoms with Crippen LogP contribution in [-0.4, -0.2) is 39.1 Å². The van der Waals surface area contributed by atoms with E-state index in [2.05, 4.69) is 15.3 Å². The van der Waals surface area contributed by atoms with Gasteiger partial charge in [-0.25, -0.2) is 0 Å². The average molecular weight is 219 g/mol. The van der Waals surface area contributed by atoms with Gasteiger partial charge in [-0.2, -0.15) is 9.61 Å². The summed E-state index contributed by atoms with van der Waals surface area (Å²) in [4.78, 5) is 0. The minimum Gasteiger partial charge on any atom is -0.379 e. The van der Waals surface area contributed by atoms with Gasteiger partial charge in [0.05, 0.1) is 18.6 Å². The van der Waals surface area contributed by atoms with E-state index < -0.39 is 0 Å². The zero-order valence-corrected chi connectivity index (χ0v) is 9.00. The van der Waals surface area contributed by atoms with Crippen molar-refractivity contribution < 1.29 is 4.74 Å². The first-order chi connectivity index (χ1) is 7.72. The van der Waals surface area contributed by atoms with Gasteiger partial charge in [-0.1, -0.05) is 0 Å². The van der Waals surface area contributed by atoms with Crippen LogP contribution in [0.3, 0.4) is 0 Å². The van der Waals surface area contributed by atoms with E-state index in [9.17, 15) is 0 Å². The van der Waals surface area contributed by atoms with E-state index in [-0.39, 0.29) is 11.5 Å². The van der Waals surface area contributed by atoms with Crippen molar-refractivity contribution in [1.82, 2.24) is 19.8 Å². The minimum absolute atomic E-state index is 0.0677. The van der Waals surface area contributed by atoms with Crippen LogP contribution in [0.1, 0.15) is 12.7 Å². The van der Waals surface area contributed by atoms with Gasteiger partial charge in [0.25, 0.3) is 0 Å². The van der Waals surface area contributed by atoms with Crippen molar-refractivity contribution in [2.75, 3.05) is 13.2 Å². The number of nitrogens with zero attached hydrogens (tertiary/aromatic N) is 4. The predicted octanol–water partition coefficient (Wildman–Crippen LogP) is -0.261. The maximum Gasteiger partial charge on any atom is 0.177 e. The third-order valence-corrected chi connectivity index (χ3v) is 3.21. The highest BCUT2D eigenvalue weighted by Gasteiger charge is 2.43. The normalized spacial score (nSPS) is 30.0. The van der Waals surface area contributed by atoms with Crippen LogP contribution in [0.2, 0.25) is 0 Å². The Kier molecular flexibility index (Phi) is 1.95. The number of ether oxygens (including phenoxy) is 1. The van der Waals surface area contributed by atoms with E-state index >= 15 is 0 Å². The summed E-state index contributed by atoms with van der Waals surface area (Å²) in [5.74, 6) is 0.771. The van der Waals surface area contributed by atoms with Crippen molar-refractivity contribution in [1.29, 1.82) is 0 Å². The van der Waals surface area contributed by atoms with Gasteiger partial charge in [0.1, 0.15) is 0 Å². The quantitative estimate of drug-likeness (QED) is 0.715. The lowest BCUT2D eigenvalue weighted by Crippen LogP contribution is -2.43. The molecule has 0 aromatic carbocycles. The zero-order chi connectivity index (χ0) is 11.2. The van der Waals surface area contributed by atoms with Crippen LogP contribution < -0.4 is 5.73 Å². The van der Waals surface area contributed by atoms with Crippen LogP contribution in [0.25, 0.3) is 5.65 Å². The Morgan fingerprint density at radius 2 is 2.44 bits per heavy atom. The molecule has 2 aromatic heterocycles. The molecule has 0 amide bonds. The second-order valence-corrected chi connectivity index (χ2v) is 4.36. The van der Waals surface area contributed by atoms with E-state index in [1.807, 2.05) is 19.1 Å². The van der Waals surface area contributed by atoms with E-state index in [1.54, 1.807) is 10.7 Å². The summed E-state index contributed by atoms with van der Waals surface area (Å²) >= 11 is 0. The van der Waals surface area contributed by atoms with Gasteiger partial charge in [0.15, 0.2) is 11.5 Å². The van der Waals surface area contributed by atoms with Crippen LogP contribution in [0.15, 0.2) is 18.3 Å². The molecule has 1 saturated heterocycles. The zero-order valence-electron chi connectivity index (χ0n) is 9.00. The first-order valence-corrected chi connectivity index (χ1v) is 5.22.